The first-order valence-electron chi connectivity index (χ1n) is 5.40. The van der Waals surface area contributed by atoms with E-state index in [0.29, 0.717) is 0 Å². The first-order valence-corrected chi connectivity index (χ1v) is 5.40. The molecule has 3 heteroatoms. The third kappa shape index (κ3) is 2.72. The van der Waals surface area contributed by atoms with E-state index >= 15 is 0 Å². The van der Waals surface area contributed by atoms with Gasteiger partial charge in [0.05, 0.1) is 11.4 Å². The van der Waals surface area contributed by atoms with Gasteiger partial charge >= 0.3 is 0 Å². The van der Waals surface area contributed by atoms with Crippen LogP contribution < -0.4 is 10.6 Å². The minimum absolute atomic E-state index is 0.719. The molecule has 0 atom stereocenters. The average molecular weight is 205 g/mol. The highest BCUT2D eigenvalue weighted by Crippen LogP contribution is 2.29. The van der Waals surface area contributed by atoms with Gasteiger partial charge in [-0.3, -0.25) is 0 Å². The second-order valence-corrected chi connectivity index (χ2v) is 3.26. The van der Waals surface area contributed by atoms with Gasteiger partial charge < -0.3 is 10.6 Å². The third-order valence-electron chi connectivity index (χ3n) is 2.26. The summed E-state index contributed by atoms with van der Waals surface area (Å²) in [6.07, 6.45) is 0.838. The van der Waals surface area contributed by atoms with E-state index in [0.717, 1.165) is 30.2 Å². The number of hydrogen-bond acceptors (Lipinski definition) is 3. The van der Waals surface area contributed by atoms with Gasteiger partial charge in [0.1, 0.15) is 5.84 Å². The van der Waals surface area contributed by atoms with Gasteiger partial charge in [0.25, 0.3) is 0 Å². The SMILES string of the molecule is CC.CN1CCC(N)=Nc2ccccc21. The first-order chi connectivity index (χ1) is 7.27. The molecule has 1 aromatic rings. The van der Waals surface area contributed by atoms with Crippen LogP contribution in [0.1, 0.15) is 20.3 Å². The molecule has 82 valence electrons. The molecule has 1 aliphatic rings. The summed E-state index contributed by atoms with van der Waals surface area (Å²) in [4.78, 5) is 6.52. The summed E-state index contributed by atoms with van der Waals surface area (Å²) in [5, 5.41) is 0. The van der Waals surface area contributed by atoms with Crippen LogP contribution in [0, 0.1) is 0 Å². The number of fused-ring (bicyclic) bond motifs is 1. The number of anilines is 1. The van der Waals surface area contributed by atoms with Gasteiger partial charge in [-0.05, 0) is 12.1 Å². The van der Waals surface area contributed by atoms with Crippen LogP contribution in [0.25, 0.3) is 0 Å². The Balaban J connectivity index is 0.000000531. The van der Waals surface area contributed by atoms with Gasteiger partial charge in [-0.1, -0.05) is 26.0 Å². The Kier molecular flexibility index (Phi) is 4.16. The third-order valence-corrected chi connectivity index (χ3v) is 2.26. The Bertz CT molecular complexity index is 344. The maximum Gasteiger partial charge on any atom is 0.101 e. The first kappa shape index (κ1) is 11.6. The van der Waals surface area contributed by atoms with Gasteiger partial charge in [-0.2, -0.15) is 0 Å². The molecular weight excluding hydrogens is 186 g/mol. The largest absolute Gasteiger partial charge is 0.387 e. The lowest BCUT2D eigenvalue weighted by molar-refractivity contribution is 0.926. The molecule has 0 amide bonds. The highest BCUT2D eigenvalue weighted by molar-refractivity contribution is 5.87. The number of nitrogens with zero attached hydrogens (tertiary/aromatic N) is 2. The highest BCUT2D eigenvalue weighted by atomic mass is 15.1. The molecule has 15 heavy (non-hydrogen) atoms. The lowest BCUT2D eigenvalue weighted by Gasteiger charge is -2.17. The van der Waals surface area contributed by atoms with Crippen molar-refractivity contribution in [1.82, 2.24) is 0 Å². The molecule has 0 unspecified atom stereocenters. The van der Waals surface area contributed by atoms with Crippen molar-refractivity contribution in [3.8, 4) is 0 Å². The zero-order valence-electron chi connectivity index (χ0n) is 9.70. The Labute approximate surface area is 91.6 Å². The highest BCUT2D eigenvalue weighted by Gasteiger charge is 2.10. The summed E-state index contributed by atoms with van der Waals surface area (Å²) in [6, 6.07) is 8.06. The predicted molar refractivity (Wildman–Crippen MR) is 67.0 cm³/mol. The summed E-state index contributed by atoms with van der Waals surface area (Å²) in [5.74, 6) is 0.719. The van der Waals surface area contributed by atoms with E-state index in [1.165, 1.54) is 0 Å². The van der Waals surface area contributed by atoms with Crippen LogP contribution in [0.2, 0.25) is 0 Å². The van der Waals surface area contributed by atoms with Crippen LogP contribution in [0.4, 0.5) is 11.4 Å². The van der Waals surface area contributed by atoms with Crippen LogP contribution in [0.5, 0.6) is 0 Å². The summed E-state index contributed by atoms with van der Waals surface area (Å²) in [6.45, 7) is 4.94. The van der Waals surface area contributed by atoms with Crippen molar-refractivity contribution < 1.29 is 0 Å². The van der Waals surface area contributed by atoms with E-state index in [9.17, 15) is 0 Å². The minimum atomic E-state index is 0.719. The fourth-order valence-electron chi connectivity index (χ4n) is 1.49. The number of nitrogens with two attached hydrogens (primary N) is 1. The number of benzene rings is 1. The van der Waals surface area contributed by atoms with E-state index in [1.54, 1.807) is 0 Å². The van der Waals surface area contributed by atoms with Gasteiger partial charge in [-0.25, -0.2) is 4.99 Å². The van der Waals surface area contributed by atoms with Crippen molar-refractivity contribution in [2.24, 2.45) is 10.7 Å². The van der Waals surface area contributed by atoms with Crippen LogP contribution in [0.15, 0.2) is 29.3 Å². The van der Waals surface area contributed by atoms with Gasteiger partial charge in [0.2, 0.25) is 0 Å². The topological polar surface area (TPSA) is 41.6 Å². The van der Waals surface area contributed by atoms with Gasteiger partial charge in [-0.15, -0.1) is 0 Å². The second kappa shape index (κ2) is 5.39. The smallest absolute Gasteiger partial charge is 0.101 e. The van der Waals surface area contributed by atoms with Crippen molar-refractivity contribution >= 4 is 17.2 Å². The lowest BCUT2D eigenvalue weighted by atomic mass is 10.2. The monoisotopic (exact) mass is 205 g/mol. The second-order valence-electron chi connectivity index (χ2n) is 3.26. The van der Waals surface area contributed by atoms with E-state index in [1.807, 2.05) is 32.0 Å². The Morgan fingerprint density at radius 3 is 2.67 bits per heavy atom. The number of hydrogen-bond donors (Lipinski definition) is 1. The molecule has 1 aromatic carbocycles. The Hall–Kier alpha value is -1.51. The molecular formula is C12H19N3. The summed E-state index contributed by atoms with van der Waals surface area (Å²) < 4.78 is 0. The number of rotatable bonds is 0. The molecule has 0 saturated heterocycles. The number of para-hydroxylation sites is 2. The molecule has 0 fully saturated rings. The summed E-state index contributed by atoms with van der Waals surface area (Å²) in [5.41, 5.74) is 7.86. The predicted octanol–water partition coefficient (Wildman–Crippen LogP) is 2.54. The molecule has 2 rings (SSSR count). The molecule has 1 heterocycles. The van der Waals surface area contributed by atoms with Gasteiger partial charge in [0.15, 0.2) is 0 Å². The van der Waals surface area contributed by atoms with E-state index < -0.39 is 0 Å². The lowest BCUT2D eigenvalue weighted by Crippen LogP contribution is -2.21. The number of amidine groups is 1. The molecule has 0 bridgehead atoms. The Morgan fingerprint density at radius 1 is 1.27 bits per heavy atom. The van der Waals surface area contributed by atoms with E-state index in [4.69, 9.17) is 5.73 Å². The minimum Gasteiger partial charge on any atom is -0.387 e. The van der Waals surface area contributed by atoms with Crippen LogP contribution >= 0.6 is 0 Å². The molecule has 0 radical (unpaired) electrons. The normalized spacial score (nSPS) is 14.3. The molecule has 0 saturated carbocycles. The van der Waals surface area contributed by atoms with Crippen molar-refractivity contribution in [2.45, 2.75) is 20.3 Å². The fraction of sp³-hybridized carbons (Fsp3) is 0.417. The summed E-state index contributed by atoms with van der Waals surface area (Å²) >= 11 is 0. The maximum atomic E-state index is 5.74. The van der Waals surface area contributed by atoms with Crippen molar-refractivity contribution in [3.63, 3.8) is 0 Å². The molecule has 3 nitrogen and oxygen atoms in total. The standard InChI is InChI=1S/C10H13N3.C2H6/c1-13-7-6-10(11)12-8-4-2-3-5-9(8)13;1-2/h2-5H,6-7H2,1H3,(H2,11,12);1-2H3. The molecule has 1 aliphatic heterocycles. The van der Waals surface area contributed by atoms with Crippen LogP contribution in [-0.4, -0.2) is 19.4 Å². The Morgan fingerprint density at radius 2 is 1.93 bits per heavy atom. The molecule has 0 aromatic heterocycles. The molecule has 0 spiro atoms. The molecule has 2 N–H and O–H groups in total. The van der Waals surface area contributed by atoms with Crippen molar-refractivity contribution in [1.29, 1.82) is 0 Å². The average Bonchev–Trinajstić information content (AvgIpc) is 2.42. The van der Waals surface area contributed by atoms with E-state index in [-0.39, 0.29) is 0 Å². The quantitative estimate of drug-likeness (QED) is 0.707. The van der Waals surface area contributed by atoms with Crippen molar-refractivity contribution in [2.75, 3.05) is 18.5 Å². The zero-order valence-corrected chi connectivity index (χ0v) is 9.70. The van der Waals surface area contributed by atoms with Crippen molar-refractivity contribution in [3.05, 3.63) is 24.3 Å². The molecule has 0 aliphatic carbocycles. The van der Waals surface area contributed by atoms with E-state index in [2.05, 4.69) is 23.0 Å². The fourth-order valence-corrected chi connectivity index (χ4v) is 1.49. The number of aliphatic imine (C=N–C) groups is 1. The van der Waals surface area contributed by atoms with Crippen LogP contribution in [-0.2, 0) is 0 Å². The zero-order chi connectivity index (χ0) is 11.3. The maximum absolute atomic E-state index is 5.74. The van der Waals surface area contributed by atoms with Crippen LogP contribution in [0.3, 0.4) is 0 Å². The van der Waals surface area contributed by atoms with Gasteiger partial charge in [0, 0.05) is 20.0 Å². The summed E-state index contributed by atoms with van der Waals surface area (Å²) in [7, 11) is 2.06.